The van der Waals surface area contributed by atoms with Gasteiger partial charge in [0, 0.05) is 24.8 Å². The van der Waals surface area contributed by atoms with Crippen LogP contribution in [-0.4, -0.2) is 49.4 Å². The third-order valence-corrected chi connectivity index (χ3v) is 3.52. The third-order valence-electron chi connectivity index (χ3n) is 3.52. The van der Waals surface area contributed by atoms with E-state index in [2.05, 4.69) is 14.9 Å². The first-order valence-electron chi connectivity index (χ1n) is 7.13. The van der Waals surface area contributed by atoms with Crippen molar-refractivity contribution in [3.63, 3.8) is 0 Å². The number of hydrogen-bond donors (Lipinski definition) is 0. The molecule has 0 N–H and O–H groups in total. The molecule has 1 aliphatic rings. The lowest BCUT2D eigenvalue weighted by Crippen LogP contribution is -2.37. The fraction of sp³-hybridized carbons (Fsp3) is 0.312. The summed E-state index contributed by atoms with van der Waals surface area (Å²) in [6.45, 7) is 2.79. The molecule has 0 spiro atoms. The van der Waals surface area contributed by atoms with Gasteiger partial charge < -0.3 is 14.4 Å². The van der Waals surface area contributed by atoms with E-state index in [0.717, 1.165) is 18.7 Å². The summed E-state index contributed by atoms with van der Waals surface area (Å²) >= 11 is 0. The lowest BCUT2D eigenvalue weighted by atomic mass is 10.1. The molecule has 114 valence electrons. The Morgan fingerprint density at radius 1 is 1.23 bits per heavy atom. The number of nitrogens with zero attached hydrogens (tertiary/aromatic N) is 3. The largest absolute Gasteiger partial charge is 0.465 e. The molecular formula is C16H17N3O3. The molecule has 1 fully saturated rings. The Balaban J connectivity index is 2.04. The van der Waals surface area contributed by atoms with Gasteiger partial charge in [0.15, 0.2) is 0 Å². The summed E-state index contributed by atoms with van der Waals surface area (Å²) in [5, 5.41) is 0. The van der Waals surface area contributed by atoms with Crippen molar-refractivity contribution in [2.45, 2.75) is 0 Å². The topological polar surface area (TPSA) is 64.5 Å². The van der Waals surface area contributed by atoms with Gasteiger partial charge in [0.05, 0.1) is 26.0 Å². The zero-order chi connectivity index (χ0) is 15.4. The summed E-state index contributed by atoms with van der Waals surface area (Å²) < 4.78 is 10.2. The van der Waals surface area contributed by atoms with E-state index in [1.54, 1.807) is 0 Å². The molecule has 6 heteroatoms. The number of carbonyl (C=O) groups is 1. The van der Waals surface area contributed by atoms with E-state index in [-0.39, 0.29) is 0 Å². The summed E-state index contributed by atoms with van der Waals surface area (Å²) in [6, 6.07) is 9.57. The number of aromatic nitrogens is 2. The lowest BCUT2D eigenvalue weighted by Gasteiger charge is -2.27. The van der Waals surface area contributed by atoms with Gasteiger partial charge in [-0.05, 0) is 0 Å². The molecule has 2 aromatic rings. The SMILES string of the molecule is COC(=O)c1cnc(N2CCOCC2)nc1-c1ccccc1. The summed E-state index contributed by atoms with van der Waals surface area (Å²) in [5.74, 6) is 0.169. The fourth-order valence-corrected chi connectivity index (χ4v) is 2.36. The second-order valence-electron chi connectivity index (χ2n) is 4.89. The molecule has 0 aliphatic carbocycles. The second-order valence-corrected chi connectivity index (χ2v) is 4.89. The molecule has 1 saturated heterocycles. The van der Waals surface area contributed by atoms with E-state index in [9.17, 15) is 4.79 Å². The van der Waals surface area contributed by atoms with Crippen LogP contribution in [0.1, 0.15) is 10.4 Å². The van der Waals surface area contributed by atoms with E-state index in [4.69, 9.17) is 9.47 Å². The van der Waals surface area contributed by atoms with Crippen LogP contribution in [0.5, 0.6) is 0 Å². The van der Waals surface area contributed by atoms with Gasteiger partial charge in [-0.25, -0.2) is 14.8 Å². The first-order valence-corrected chi connectivity index (χ1v) is 7.13. The number of benzene rings is 1. The van der Waals surface area contributed by atoms with E-state index in [0.29, 0.717) is 30.4 Å². The van der Waals surface area contributed by atoms with E-state index < -0.39 is 5.97 Å². The van der Waals surface area contributed by atoms with Crippen LogP contribution in [0, 0.1) is 0 Å². The minimum atomic E-state index is -0.438. The standard InChI is InChI=1S/C16H17N3O3/c1-21-15(20)13-11-17-16(19-7-9-22-10-8-19)18-14(13)12-5-3-2-4-6-12/h2-6,11H,7-10H2,1H3. The zero-order valence-electron chi connectivity index (χ0n) is 12.4. The van der Waals surface area contributed by atoms with Gasteiger partial charge in [0.2, 0.25) is 5.95 Å². The highest BCUT2D eigenvalue weighted by atomic mass is 16.5. The molecule has 0 atom stereocenters. The highest BCUT2D eigenvalue weighted by Crippen LogP contribution is 2.24. The van der Waals surface area contributed by atoms with Crippen molar-refractivity contribution in [1.29, 1.82) is 0 Å². The number of anilines is 1. The Morgan fingerprint density at radius 3 is 2.64 bits per heavy atom. The fourth-order valence-electron chi connectivity index (χ4n) is 2.36. The molecule has 0 saturated carbocycles. The van der Waals surface area contributed by atoms with Crippen molar-refractivity contribution >= 4 is 11.9 Å². The van der Waals surface area contributed by atoms with Gasteiger partial charge in [0.1, 0.15) is 5.56 Å². The van der Waals surface area contributed by atoms with Crippen LogP contribution < -0.4 is 4.90 Å². The molecule has 1 aromatic carbocycles. The maximum atomic E-state index is 12.0. The monoisotopic (exact) mass is 299 g/mol. The predicted octanol–water partition coefficient (Wildman–Crippen LogP) is 1.77. The third kappa shape index (κ3) is 2.92. The minimum Gasteiger partial charge on any atom is -0.465 e. The maximum Gasteiger partial charge on any atom is 0.341 e. The Bertz CT molecular complexity index is 655. The number of ether oxygens (including phenoxy) is 2. The second kappa shape index (κ2) is 6.53. The maximum absolute atomic E-state index is 12.0. The van der Waals surface area contributed by atoms with Crippen LogP contribution in [0.3, 0.4) is 0 Å². The van der Waals surface area contributed by atoms with Gasteiger partial charge in [0.25, 0.3) is 0 Å². The van der Waals surface area contributed by atoms with Gasteiger partial charge in [-0.2, -0.15) is 0 Å². The first kappa shape index (κ1) is 14.5. The highest BCUT2D eigenvalue weighted by Gasteiger charge is 2.20. The van der Waals surface area contributed by atoms with Crippen molar-refractivity contribution in [2.24, 2.45) is 0 Å². The van der Waals surface area contributed by atoms with Crippen LogP contribution in [0.4, 0.5) is 5.95 Å². The smallest absolute Gasteiger partial charge is 0.341 e. The Hall–Kier alpha value is -2.47. The average molecular weight is 299 g/mol. The molecule has 0 bridgehead atoms. The summed E-state index contributed by atoms with van der Waals surface area (Å²) in [7, 11) is 1.35. The van der Waals surface area contributed by atoms with Crippen molar-refractivity contribution < 1.29 is 14.3 Å². The minimum absolute atomic E-state index is 0.366. The molecule has 0 unspecified atom stereocenters. The number of carbonyl (C=O) groups excluding carboxylic acids is 1. The molecule has 22 heavy (non-hydrogen) atoms. The van der Waals surface area contributed by atoms with Crippen molar-refractivity contribution in [3.05, 3.63) is 42.1 Å². The van der Waals surface area contributed by atoms with Gasteiger partial charge >= 0.3 is 5.97 Å². The Labute approximate surface area is 128 Å². The molecule has 0 amide bonds. The molecule has 1 aliphatic heterocycles. The van der Waals surface area contributed by atoms with Crippen LogP contribution in [0.2, 0.25) is 0 Å². The van der Waals surface area contributed by atoms with Crippen LogP contribution >= 0.6 is 0 Å². The van der Waals surface area contributed by atoms with Crippen LogP contribution in [0.25, 0.3) is 11.3 Å². The first-order chi connectivity index (χ1) is 10.8. The average Bonchev–Trinajstić information content (AvgIpc) is 2.62. The predicted molar refractivity (Wildman–Crippen MR) is 81.8 cm³/mol. The van der Waals surface area contributed by atoms with Crippen LogP contribution in [-0.2, 0) is 9.47 Å². The molecular weight excluding hydrogens is 282 g/mol. The molecule has 6 nitrogen and oxygen atoms in total. The number of esters is 1. The number of rotatable bonds is 3. The molecule has 1 aromatic heterocycles. The summed E-state index contributed by atoms with van der Waals surface area (Å²) in [5.41, 5.74) is 1.81. The molecule has 2 heterocycles. The van der Waals surface area contributed by atoms with Gasteiger partial charge in [-0.1, -0.05) is 30.3 Å². The lowest BCUT2D eigenvalue weighted by molar-refractivity contribution is 0.0600. The quantitative estimate of drug-likeness (QED) is 0.805. The van der Waals surface area contributed by atoms with E-state index >= 15 is 0 Å². The summed E-state index contributed by atoms with van der Waals surface area (Å²) in [6.07, 6.45) is 1.53. The number of morpholine rings is 1. The van der Waals surface area contributed by atoms with Crippen molar-refractivity contribution in [1.82, 2.24) is 9.97 Å². The molecule has 0 radical (unpaired) electrons. The number of methoxy groups -OCH3 is 1. The number of hydrogen-bond acceptors (Lipinski definition) is 6. The van der Waals surface area contributed by atoms with Gasteiger partial charge in [-0.3, -0.25) is 0 Å². The van der Waals surface area contributed by atoms with Crippen LogP contribution in [0.15, 0.2) is 36.5 Å². The van der Waals surface area contributed by atoms with Crippen molar-refractivity contribution in [2.75, 3.05) is 38.3 Å². The van der Waals surface area contributed by atoms with Crippen molar-refractivity contribution in [3.8, 4) is 11.3 Å². The Kier molecular flexibility index (Phi) is 4.29. The van der Waals surface area contributed by atoms with Gasteiger partial charge in [-0.15, -0.1) is 0 Å². The molecule has 3 rings (SSSR count). The normalized spacial score (nSPS) is 14.7. The van der Waals surface area contributed by atoms with E-state index in [1.165, 1.54) is 13.3 Å². The van der Waals surface area contributed by atoms with E-state index in [1.807, 2.05) is 30.3 Å². The Morgan fingerprint density at radius 2 is 1.95 bits per heavy atom. The zero-order valence-corrected chi connectivity index (χ0v) is 12.4. The summed E-state index contributed by atoms with van der Waals surface area (Å²) in [4.78, 5) is 22.9. The highest BCUT2D eigenvalue weighted by molar-refractivity contribution is 5.95.